The Morgan fingerprint density at radius 3 is 2.70 bits per heavy atom. The lowest BCUT2D eigenvalue weighted by Crippen LogP contribution is -2.06. The zero-order valence-corrected chi connectivity index (χ0v) is 6.14. The highest BCUT2D eigenvalue weighted by Crippen LogP contribution is 2.00. The van der Waals surface area contributed by atoms with Gasteiger partial charge < -0.3 is 0 Å². The summed E-state index contributed by atoms with van der Waals surface area (Å²) in [6, 6.07) is 1.57. The summed E-state index contributed by atoms with van der Waals surface area (Å²) >= 11 is 0. The van der Waals surface area contributed by atoms with E-state index in [1.165, 1.54) is 0 Å². The van der Waals surface area contributed by atoms with Gasteiger partial charge in [0.15, 0.2) is 0 Å². The van der Waals surface area contributed by atoms with Gasteiger partial charge in [0.2, 0.25) is 5.78 Å². The second kappa shape index (κ2) is 4.58. The van der Waals surface area contributed by atoms with Crippen molar-refractivity contribution in [1.82, 2.24) is 0 Å². The molecule has 0 spiro atoms. The molecule has 0 rings (SSSR count). The molecular weight excluding hydrogens is 126 g/mol. The van der Waals surface area contributed by atoms with E-state index in [9.17, 15) is 4.79 Å². The number of carbonyl (C=O) groups is 1. The second-order valence-corrected chi connectivity index (χ2v) is 2.01. The van der Waals surface area contributed by atoms with Crippen LogP contribution in [0.25, 0.3) is 0 Å². The number of nitrogens with zero attached hydrogens (tertiary/aromatic N) is 1. The van der Waals surface area contributed by atoms with Crippen LogP contribution < -0.4 is 0 Å². The summed E-state index contributed by atoms with van der Waals surface area (Å²) in [4.78, 5) is 10.6. The van der Waals surface area contributed by atoms with E-state index in [0.717, 1.165) is 0 Å². The maximum atomic E-state index is 10.6. The molecule has 2 nitrogen and oxygen atoms in total. The second-order valence-electron chi connectivity index (χ2n) is 2.01. The standard InChI is InChI=1S/C8H9NO/c1-3-4-5-7(2)8(10)6-9/h7H,5H2,1-2H3. The lowest BCUT2D eigenvalue weighted by atomic mass is 10.0. The molecule has 10 heavy (non-hydrogen) atoms. The number of hydrogen-bond donors (Lipinski definition) is 0. The Morgan fingerprint density at radius 2 is 2.30 bits per heavy atom. The van der Waals surface area contributed by atoms with Crippen LogP contribution in [0.5, 0.6) is 0 Å². The van der Waals surface area contributed by atoms with Crippen LogP contribution in [0.3, 0.4) is 0 Å². The van der Waals surface area contributed by atoms with Crippen LogP contribution >= 0.6 is 0 Å². The molecule has 0 fully saturated rings. The normalized spacial score (nSPS) is 10.5. The molecule has 2 heteroatoms. The van der Waals surface area contributed by atoms with Crippen LogP contribution in [-0.4, -0.2) is 5.78 Å². The van der Waals surface area contributed by atoms with Gasteiger partial charge in [-0.2, -0.15) is 5.26 Å². The fourth-order valence-corrected chi connectivity index (χ4v) is 0.458. The molecule has 0 aromatic rings. The van der Waals surface area contributed by atoms with E-state index in [-0.39, 0.29) is 11.7 Å². The average Bonchev–Trinajstić information content (AvgIpc) is 1.98. The van der Waals surface area contributed by atoms with E-state index < -0.39 is 0 Å². The smallest absolute Gasteiger partial charge is 0.235 e. The highest BCUT2D eigenvalue weighted by atomic mass is 16.1. The summed E-state index contributed by atoms with van der Waals surface area (Å²) in [7, 11) is 0. The Balaban J connectivity index is 3.83. The maximum Gasteiger partial charge on any atom is 0.235 e. The molecule has 0 aliphatic carbocycles. The van der Waals surface area contributed by atoms with E-state index in [1.807, 2.05) is 0 Å². The molecule has 1 unspecified atom stereocenters. The molecule has 0 saturated carbocycles. The van der Waals surface area contributed by atoms with Gasteiger partial charge in [0, 0.05) is 12.3 Å². The van der Waals surface area contributed by atoms with Gasteiger partial charge in [-0.05, 0) is 6.92 Å². The molecule has 0 N–H and O–H groups in total. The third kappa shape index (κ3) is 2.89. The third-order valence-corrected chi connectivity index (χ3v) is 1.14. The summed E-state index contributed by atoms with van der Waals surface area (Å²) in [5.41, 5.74) is 0. The Labute approximate surface area is 60.8 Å². The largest absolute Gasteiger partial charge is 0.282 e. The van der Waals surface area contributed by atoms with Crippen LogP contribution in [0, 0.1) is 29.1 Å². The molecule has 0 saturated heterocycles. The molecule has 0 aliphatic heterocycles. The minimum Gasteiger partial charge on any atom is -0.282 e. The lowest BCUT2D eigenvalue weighted by Gasteiger charge is -1.95. The number of rotatable bonds is 2. The van der Waals surface area contributed by atoms with Gasteiger partial charge in [-0.25, -0.2) is 0 Å². The van der Waals surface area contributed by atoms with Gasteiger partial charge >= 0.3 is 0 Å². The van der Waals surface area contributed by atoms with Crippen molar-refractivity contribution in [2.24, 2.45) is 5.92 Å². The number of carbonyl (C=O) groups excluding carboxylic acids is 1. The molecule has 0 heterocycles. The van der Waals surface area contributed by atoms with Crippen molar-refractivity contribution in [3.63, 3.8) is 0 Å². The highest BCUT2D eigenvalue weighted by Gasteiger charge is 2.08. The number of ketones is 1. The van der Waals surface area contributed by atoms with Gasteiger partial charge in [0.1, 0.15) is 6.07 Å². The maximum absolute atomic E-state index is 10.6. The fourth-order valence-electron chi connectivity index (χ4n) is 0.458. The predicted octanol–water partition coefficient (Wildman–Crippen LogP) is 1.13. The van der Waals surface area contributed by atoms with Crippen molar-refractivity contribution >= 4 is 5.78 Å². The van der Waals surface area contributed by atoms with Gasteiger partial charge in [0.05, 0.1) is 0 Å². The monoisotopic (exact) mass is 135 g/mol. The molecule has 0 aromatic heterocycles. The molecular formula is C8H9NO. The minimum absolute atomic E-state index is 0.238. The topological polar surface area (TPSA) is 40.9 Å². The van der Waals surface area contributed by atoms with Crippen LogP contribution in [-0.2, 0) is 4.79 Å². The zero-order valence-electron chi connectivity index (χ0n) is 6.14. The molecule has 52 valence electrons. The number of Topliss-reactive ketones (excluding diaryl/α,β-unsaturated/α-hetero) is 1. The summed E-state index contributed by atoms with van der Waals surface area (Å²) in [5.74, 6) is 4.78. The van der Waals surface area contributed by atoms with E-state index in [4.69, 9.17) is 5.26 Å². The molecule has 0 aromatic carbocycles. The van der Waals surface area contributed by atoms with E-state index in [2.05, 4.69) is 11.8 Å². The summed E-state index contributed by atoms with van der Waals surface area (Å²) in [5, 5.41) is 8.16. The van der Waals surface area contributed by atoms with Gasteiger partial charge in [-0.1, -0.05) is 6.92 Å². The Bertz CT molecular complexity index is 214. The summed E-state index contributed by atoms with van der Waals surface area (Å²) in [6.45, 7) is 3.42. The quantitative estimate of drug-likeness (QED) is 0.420. The molecule has 0 amide bonds. The Kier molecular flexibility index (Phi) is 4.00. The Hall–Kier alpha value is -1.28. The average molecular weight is 135 g/mol. The Morgan fingerprint density at radius 1 is 1.70 bits per heavy atom. The predicted molar refractivity (Wildman–Crippen MR) is 37.9 cm³/mol. The van der Waals surface area contributed by atoms with E-state index in [1.54, 1.807) is 19.9 Å². The highest BCUT2D eigenvalue weighted by molar-refractivity contribution is 5.95. The van der Waals surface area contributed by atoms with E-state index in [0.29, 0.717) is 6.42 Å². The first-order valence-electron chi connectivity index (χ1n) is 3.06. The van der Waals surface area contributed by atoms with Crippen molar-refractivity contribution in [3.8, 4) is 17.9 Å². The van der Waals surface area contributed by atoms with Gasteiger partial charge in [-0.3, -0.25) is 4.79 Å². The minimum atomic E-state index is -0.386. The molecule has 0 radical (unpaired) electrons. The van der Waals surface area contributed by atoms with Gasteiger partial charge in [0.25, 0.3) is 0 Å². The van der Waals surface area contributed by atoms with Crippen molar-refractivity contribution in [2.75, 3.05) is 0 Å². The summed E-state index contributed by atoms with van der Waals surface area (Å²) < 4.78 is 0. The van der Waals surface area contributed by atoms with Crippen LogP contribution in [0.1, 0.15) is 20.3 Å². The van der Waals surface area contributed by atoms with Crippen molar-refractivity contribution in [1.29, 1.82) is 5.26 Å². The summed E-state index contributed by atoms with van der Waals surface area (Å²) in [6.07, 6.45) is 0.489. The van der Waals surface area contributed by atoms with Crippen molar-refractivity contribution in [3.05, 3.63) is 0 Å². The van der Waals surface area contributed by atoms with E-state index >= 15 is 0 Å². The molecule has 0 bridgehead atoms. The van der Waals surface area contributed by atoms with Crippen LogP contribution in [0.15, 0.2) is 0 Å². The van der Waals surface area contributed by atoms with Crippen LogP contribution in [0.4, 0.5) is 0 Å². The molecule has 1 atom stereocenters. The van der Waals surface area contributed by atoms with Crippen molar-refractivity contribution < 1.29 is 4.79 Å². The zero-order chi connectivity index (χ0) is 7.98. The van der Waals surface area contributed by atoms with Crippen molar-refractivity contribution in [2.45, 2.75) is 20.3 Å². The lowest BCUT2D eigenvalue weighted by molar-refractivity contribution is -0.116. The fraction of sp³-hybridized carbons (Fsp3) is 0.500. The first-order chi connectivity index (χ1) is 4.72. The number of hydrogen-bond acceptors (Lipinski definition) is 2. The first-order valence-corrected chi connectivity index (χ1v) is 3.06. The number of nitriles is 1. The first kappa shape index (κ1) is 8.72. The molecule has 0 aliphatic rings. The van der Waals surface area contributed by atoms with Gasteiger partial charge in [-0.15, -0.1) is 11.8 Å². The SMILES string of the molecule is CC#CCC(C)C(=O)C#N. The third-order valence-electron chi connectivity index (χ3n) is 1.14. The van der Waals surface area contributed by atoms with Crippen LogP contribution in [0.2, 0.25) is 0 Å².